The minimum atomic E-state index is -3.81. The summed E-state index contributed by atoms with van der Waals surface area (Å²) < 4.78 is 28.9. The molecule has 1 aliphatic heterocycles. The first-order valence-electron chi connectivity index (χ1n) is 7.89. The second-order valence-electron chi connectivity index (χ2n) is 6.37. The van der Waals surface area contributed by atoms with Crippen molar-refractivity contribution in [3.63, 3.8) is 0 Å². The Balaban J connectivity index is 1.71. The molecule has 2 fully saturated rings. The first kappa shape index (κ1) is 15.3. The van der Waals surface area contributed by atoms with Crippen molar-refractivity contribution in [1.82, 2.24) is 14.1 Å². The molecule has 0 bridgehead atoms. The lowest BCUT2D eigenvalue weighted by molar-refractivity contribution is -0.124. The van der Waals surface area contributed by atoms with Crippen LogP contribution in [0.25, 0.3) is 5.69 Å². The van der Waals surface area contributed by atoms with Gasteiger partial charge in [0.2, 0.25) is 15.9 Å². The van der Waals surface area contributed by atoms with Gasteiger partial charge in [0, 0.05) is 6.54 Å². The zero-order valence-electron chi connectivity index (χ0n) is 13.0. The lowest BCUT2D eigenvalue weighted by Crippen LogP contribution is -2.53. The standard InChI is InChI=1S/C16H18N4O3S/c17-15(21)16-9-12(16)5-4-8-20(16)24(22,23)14-10-18-19(11-14)13-6-2-1-3-7-13/h1-3,6-7,10-12H,4-5,8-9H2,(H2,17,21)/t12-,16+/m1/s1. The van der Waals surface area contributed by atoms with E-state index in [-0.39, 0.29) is 10.8 Å². The molecule has 1 saturated heterocycles. The average Bonchev–Trinajstić information content (AvgIpc) is 3.14. The third-order valence-corrected chi connectivity index (χ3v) is 6.92. The maximum absolute atomic E-state index is 13.0. The highest BCUT2D eigenvalue weighted by Gasteiger charge is 2.67. The van der Waals surface area contributed by atoms with Crippen LogP contribution in [0.2, 0.25) is 0 Å². The van der Waals surface area contributed by atoms with Crippen molar-refractivity contribution in [2.75, 3.05) is 6.54 Å². The van der Waals surface area contributed by atoms with Gasteiger partial charge in [-0.15, -0.1) is 0 Å². The molecule has 0 spiro atoms. The fraction of sp³-hybridized carbons (Fsp3) is 0.375. The van der Waals surface area contributed by atoms with Gasteiger partial charge in [0.25, 0.3) is 0 Å². The van der Waals surface area contributed by atoms with Crippen LogP contribution in [0.3, 0.4) is 0 Å². The molecule has 24 heavy (non-hydrogen) atoms. The predicted molar refractivity (Wildman–Crippen MR) is 86.7 cm³/mol. The van der Waals surface area contributed by atoms with Crippen molar-refractivity contribution in [2.24, 2.45) is 11.7 Å². The van der Waals surface area contributed by atoms with Gasteiger partial charge in [0.15, 0.2) is 0 Å². The Kier molecular flexibility index (Phi) is 3.29. The van der Waals surface area contributed by atoms with Crippen molar-refractivity contribution in [1.29, 1.82) is 0 Å². The molecule has 2 aromatic rings. The average molecular weight is 346 g/mol. The molecule has 0 unspecified atom stereocenters. The van der Waals surface area contributed by atoms with Gasteiger partial charge in [-0.05, 0) is 37.3 Å². The van der Waals surface area contributed by atoms with E-state index in [1.54, 1.807) is 0 Å². The second kappa shape index (κ2) is 5.15. The highest BCUT2D eigenvalue weighted by atomic mass is 32.2. The summed E-state index contributed by atoms with van der Waals surface area (Å²) in [5.74, 6) is -0.506. The van der Waals surface area contributed by atoms with E-state index in [0.29, 0.717) is 13.0 Å². The van der Waals surface area contributed by atoms with E-state index >= 15 is 0 Å². The van der Waals surface area contributed by atoms with Gasteiger partial charge in [-0.2, -0.15) is 9.40 Å². The molecule has 7 nitrogen and oxygen atoms in total. The molecule has 1 saturated carbocycles. The summed E-state index contributed by atoms with van der Waals surface area (Å²) in [5, 5.41) is 4.15. The van der Waals surface area contributed by atoms with E-state index in [1.165, 1.54) is 21.4 Å². The lowest BCUT2D eigenvalue weighted by atomic mass is 10.0. The molecule has 1 amide bonds. The highest BCUT2D eigenvalue weighted by molar-refractivity contribution is 7.89. The molecule has 1 aromatic heterocycles. The summed E-state index contributed by atoms with van der Waals surface area (Å²) in [6, 6.07) is 9.26. The predicted octanol–water partition coefficient (Wildman–Crippen LogP) is 0.901. The summed E-state index contributed by atoms with van der Waals surface area (Å²) in [7, 11) is -3.81. The number of nitrogens with two attached hydrogens (primary N) is 1. The van der Waals surface area contributed by atoms with E-state index in [0.717, 1.165) is 18.5 Å². The van der Waals surface area contributed by atoms with Crippen LogP contribution in [-0.2, 0) is 14.8 Å². The molecule has 4 rings (SSSR count). The van der Waals surface area contributed by atoms with Gasteiger partial charge >= 0.3 is 0 Å². The van der Waals surface area contributed by atoms with Crippen LogP contribution in [0.4, 0.5) is 0 Å². The van der Waals surface area contributed by atoms with Crippen molar-refractivity contribution < 1.29 is 13.2 Å². The quantitative estimate of drug-likeness (QED) is 0.889. The number of benzene rings is 1. The summed E-state index contributed by atoms with van der Waals surface area (Å²) >= 11 is 0. The molecule has 1 aliphatic carbocycles. The van der Waals surface area contributed by atoms with E-state index < -0.39 is 21.5 Å². The Bertz CT molecular complexity index is 893. The molecule has 2 aliphatic rings. The molecule has 2 atom stereocenters. The third-order valence-electron chi connectivity index (χ3n) is 5.03. The number of sulfonamides is 1. The number of hydrogen-bond acceptors (Lipinski definition) is 4. The van der Waals surface area contributed by atoms with Gasteiger partial charge in [-0.1, -0.05) is 18.2 Å². The Labute approximate surface area is 140 Å². The number of rotatable bonds is 4. The minimum absolute atomic E-state index is 0.0442. The van der Waals surface area contributed by atoms with Crippen LogP contribution in [-0.4, -0.2) is 40.5 Å². The number of carbonyl (C=O) groups excluding carboxylic acids is 1. The molecular formula is C16H18N4O3S. The van der Waals surface area contributed by atoms with Crippen molar-refractivity contribution in [3.8, 4) is 5.69 Å². The third kappa shape index (κ3) is 2.10. The maximum Gasteiger partial charge on any atom is 0.247 e. The zero-order chi connectivity index (χ0) is 16.9. The largest absolute Gasteiger partial charge is 0.368 e. The number of fused-ring (bicyclic) bond motifs is 1. The Morgan fingerprint density at radius 1 is 1.29 bits per heavy atom. The van der Waals surface area contributed by atoms with Crippen LogP contribution >= 0.6 is 0 Å². The molecule has 2 N–H and O–H groups in total. The van der Waals surface area contributed by atoms with Crippen LogP contribution in [0, 0.1) is 5.92 Å². The van der Waals surface area contributed by atoms with Crippen molar-refractivity contribution >= 4 is 15.9 Å². The van der Waals surface area contributed by atoms with Gasteiger partial charge in [-0.25, -0.2) is 13.1 Å². The highest BCUT2D eigenvalue weighted by Crippen LogP contribution is 2.55. The van der Waals surface area contributed by atoms with E-state index in [9.17, 15) is 13.2 Å². The van der Waals surface area contributed by atoms with Gasteiger partial charge in [0.05, 0.1) is 18.1 Å². The molecule has 1 aromatic carbocycles. The Morgan fingerprint density at radius 3 is 2.75 bits per heavy atom. The van der Waals surface area contributed by atoms with E-state index in [1.807, 2.05) is 30.3 Å². The molecule has 2 heterocycles. The number of hydrogen-bond donors (Lipinski definition) is 1. The number of aromatic nitrogens is 2. The summed E-state index contributed by atoms with van der Waals surface area (Å²) in [5.41, 5.74) is 5.27. The number of amides is 1. The van der Waals surface area contributed by atoms with Gasteiger partial charge < -0.3 is 5.73 Å². The number of carbonyl (C=O) groups is 1. The monoisotopic (exact) mass is 346 g/mol. The summed E-state index contributed by atoms with van der Waals surface area (Å²) in [4.78, 5) is 12.0. The van der Waals surface area contributed by atoms with Crippen LogP contribution in [0.15, 0.2) is 47.6 Å². The number of primary amides is 1. The second-order valence-corrected chi connectivity index (χ2v) is 8.23. The summed E-state index contributed by atoms with van der Waals surface area (Å²) in [6.07, 6.45) is 4.91. The Hall–Kier alpha value is -2.19. The van der Waals surface area contributed by atoms with Crippen LogP contribution < -0.4 is 5.73 Å². The molecule has 126 valence electrons. The van der Waals surface area contributed by atoms with Gasteiger partial charge in [0.1, 0.15) is 10.4 Å². The SMILES string of the molecule is NC(=O)[C@]12C[C@H]1CCCN2S(=O)(=O)c1cnn(-c2ccccc2)c1. The van der Waals surface area contributed by atoms with Gasteiger partial charge in [-0.3, -0.25) is 4.79 Å². The number of nitrogens with zero attached hydrogens (tertiary/aromatic N) is 3. The van der Waals surface area contributed by atoms with Crippen molar-refractivity contribution in [3.05, 3.63) is 42.7 Å². The maximum atomic E-state index is 13.0. The molecule has 8 heteroatoms. The normalized spacial score (nSPS) is 26.8. The van der Waals surface area contributed by atoms with Crippen LogP contribution in [0.1, 0.15) is 19.3 Å². The Morgan fingerprint density at radius 2 is 2.04 bits per heavy atom. The number of para-hydroxylation sites is 1. The zero-order valence-corrected chi connectivity index (χ0v) is 13.8. The first-order valence-corrected chi connectivity index (χ1v) is 9.33. The lowest BCUT2D eigenvalue weighted by Gasteiger charge is -2.32. The fourth-order valence-electron chi connectivity index (χ4n) is 3.69. The fourth-order valence-corrected chi connectivity index (χ4v) is 5.47. The van der Waals surface area contributed by atoms with Crippen LogP contribution in [0.5, 0.6) is 0 Å². The molecule has 0 radical (unpaired) electrons. The number of piperidine rings is 1. The van der Waals surface area contributed by atoms with E-state index in [4.69, 9.17) is 5.73 Å². The topological polar surface area (TPSA) is 98.3 Å². The summed E-state index contributed by atoms with van der Waals surface area (Å²) in [6.45, 7) is 0.318. The van der Waals surface area contributed by atoms with E-state index in [2.05, 4.69) is 5.10 Å². The smallest absolute Gasteiger partial charge is 0.247 e. The minimum Gasteiger partial charge on any atom is -0.368 e. The van der Waals surface area contributed by atoms with Crippen molar-refractivity contribution in [2.45, 2.75) is 29.7 Å². The first-order chi connectivity index (χ1) is 11.5. The molecular weight excluding hydrogens is 328 g/mol.